The third kappa shape index (κ3) is 5.88. The van der Waals surface area contributed by atoms with Gasteiger partial charge in [-0.1, -0.05) is 45.0 Å². The van der Waals surface area contributed by atoms with Gasteiger partial charge in [0.2, 0.25) is 0 Å². The van der Waals surface area contributed by atoms with Crippen LogP contribution in [0.4, 0.5) is 0 Å². The van der Waals surface area contributed by atoms with E-state index in [4.69, 9.17) is 9.47 Å². The SMILES string of the molecule is COC[C@H](C)NC(=O)c1ccc(COc2ccc(C(C)(C)C)cc2)cc1. The molecule has 140 valence electrons. The number of amides is 1. The van der Waals surface area contributed by atoms with E-state index in [2.05, 4.69) is 38.2 Å². The lowest BCUT2D eigenvalue weighted by molar-refractivity contribution is 0.0905. The van der Waals surface area contributed by atoms with Crippen molar-refractivity contribution in [1.29, 1.82) is 0 Å². The standard InChI is InChI=1S/C22H29NO3/c1-16(14-25-5)23-21(24)18-8-6-17(7-9-18)15-26-20-12-10-19(11-13-20)22(2,3)4/h6-13,16H,14-15H2,1-5H3,(H,23,24)/t16-/m0/s1. The van der Waals surface area contributed by atoms with Gasteiger partial charge < -0.3 is 14.8 Å². The van der Waals surface area contributed by atoms with Crippen molar-refractivity contribution in [3.63, 3.8) is 0 Å². The highest BCUT2D eigenvalue weighted by atomic mass is 16.5. The number of nitrogens with one attached hydrogen (secondary N) is 1. The average Bonchev–Trinajstić information content (AvgIpc) is 2.60. The van der Waals surface area contributed by atoms with Gasteiger partial charge in [-0.25, -0.2) is 0 Å². The molecule has 1 amide bonds. The maximum atomic E-state index is 12.1. The van der Waals surface area contributed by atoms with E-state index in [1.165, 1.54) is 5.56 Å². The Morgan fingerprint density at radius 2 is 1.65 bits per heavy atom. The van der Waals surface area contributed by atoms with Crippen LogP contribution in [0.1, 0.15) is 49.2 Å². The molecule has 0 spiro atoms. The molecule has 0 fully saturated rings. The maximum Gasteiger partial charge on any atom is 0.251 e. The molecule has 0 aliphatic heterocycles. The second-order valence-corrected chi connectivity index (χ2v) is 7.59. The largest absolute Gasteiger partial charge is 0.489 e. The molecule has 2 aromatic carbocycles. The monoisotopic (exact) mass is 355 g/mol. The molecular formula is C22H29NO3. The fourth-order valence-electron chi connectivity index (χ4n) is 2.57. The number of carbonyl (C=O) groups is 1. The topological polar surface area (TPSA) is 47.6 Å². The van der Waals surface area contributed by atoms with Gasteiger partial charge in [0.15, 0.2) is 0 Å². The minimum Gasteiger partial charge on any atom is -0.489 e. The predicted molar refractivity (Wildman–Crippen MR) is 105 cm³/mol. The van der Waals surface area contributed by atoms with Crippen molar-refractivity contribution in [3.05, 3.63) is 65.2 Å². The van der Waals surface area contributed by atoms with Crippen LogP contribution >= 0.6 is 0 Å². The van der Waals surface area contributed by atoms with Crippen molar-refractivity contribution >= 4 is 5.91 Å². The molecule has 2 rings (SSSR count). The molecule has 0 saturated carbocycles. The van der Waals surface area contributed by atoms with Crippen LogP contribution in [-0.4, -0.2) is 25.7 Å². The van der Waals surface area contributed by atoms with Gasteiger partial charge in [-0.3, -0.25) is 4.79 Å². The van der Waals surface area contributed by atoms with Crippen LogP contribution in [0.5, 0.6) is 5.75 Å². The zero-order valence-corrected chi connectivity index (χ0v) is 16.3. The smallest absolute Gasteiger partial charge is 0.251 e. The first-order chi connectivity index (χ1) is 12.3. The van der Waals surface area contributed by atoms with Crippen LogP contribution in [0.25, 0.3) is 0 Å². The lowest BCUT2D eigenvalue weighted by Crippen LogP contribution is -2.35. The third-order valence-electron chi connectivity index (χ3n) is 4.14. The lowest BCUT2D eigenvalue weighted by Gasteiger charge is -2.19. The summed E-state index contributed by atoms with van der Waals surface area (Å²) in [4.78, 5) is 12.1. The van der Waals surface area contributed by atoms with E-state index in [9.17, 15) is 4.79 Å². The fraction of sp³-hybridized carbons (Fsp3) is 0.409. The number of benzene rings is 2. The van der Waals surface area contributed by atoms with E-state index < -0.39 is 0 Å². The summed E-state index contributed by atoms with van der Waals surface area (Å²) in [5, 5.41) is 2.90. The van der Waals surface area contributed by atoms with Gasteiger partial charge in [0, 0.05) is 18.7 Å². The molecule has 26 heavy (non-hydrogen) atoms. The van der Waals surface area contributed by atoms with Crippen LogP contribution in [0.2, 0.25) is 0 Å². The first kappa shape index (κ1) is 20.0. The van der Waals surface area contributed by atoms with Crippen molar-refractivity contribution in [2.45, 2.75) is 45.8 Å². The van der Waals surface area contributed by atoms with Gasteiger partial charge in [-0.2, -0.15) is 0 Å². The molecule has 0 saturated heterocycles. The van der Waals surface area contributed by atoms with Crippen molar-refractivity contribution in [2.24, 2.45) is 0 Å². The summed E-state index contributed by atoms with van der Waals surface area (Å²) in [6, 6.07) is 15.6. The zero-order valence-electron chi connectivity index (χ0n) is 16.3. The first-order valence-corrected chi connectivity index (χ1v) is 8.91. The molecule has 0 radical (unpaired) electrons. The molecule has 4 nitrogen and oxygen atoms in total. The fourth-order valence-corrected chi connectivity index (χ4v) is 2.57. The highest BCUT2D eigenvalue weighted by molar-refractivity contribution is 5.94. The van der Waals surface area contributed by atoms with Gasteiger partial charge >= 0.3 is 0 Å². The number of ether oxygens (including phenoxy) is 2. The number of rotatable bonds is 7. The molecule has 4 heteroatoms. The van der Waals surface area contributed by atoms with E-state index >= 15 is 0 Å². The Labute approximate surface area is 156 Å². The van der Waals surface area contributed by atoms with Crippen molar-refractivity contribution in [2.75, 3.05) is 13.7 Å². The van der Waals surface area contributed by atoms with Crippen molar-refractivity contribution < 1.29 is 14.3 Å². The Morgan fingerprint density at radius 3 is 2.19 bits per heavy atom. The lowest BCUT2D eigenvalue weighted by atomic mass is 9.87. The van der Waals surface area contributed by atoms with E-state index in [0.717, 1.165) is 11.3 Å². The maximum absolute atomic E-state index is 12.1. The van der Waals surface area contributed by atoms with Crippen LogP contribution in [0.3, 0.4) is 0 Å². The molecule has 0 aromatic heterocycles. The van der Waals surface area contributed by atoms with Gasteiger partial charge in [0.05, 0.1) is 6.61 Å². The average molecular weight is 355 g/mol. The third-order valence-corrected chi connectivity index (χ3v) is 4.14. The molecule has 0 unspecified atom stereocenters. The summed E-state index contributed by atoms with van der Waals surface area (Å²) in [5.41, 5.74) is 3.07. The molecule has 0 heterocycles. The molecular weight excluding hydrogens is 326 g/mol. The summed E-state index contributed by atoms with van der Waals surface area (Å²) in [5.74, 6) is 0.744. The highest BCUT2D eigenvalue weighted by Gasteiger charge is 2.13. The molecule has 0 aliphatic rings. The Bertz CT molecular complexity index is 700. The number of carbonyl (C=O) groups excluding carboxylic acids is 1. The van der Waals surface area contributed by atoms with Crippen LogP contribution in [0.15, 0.2) is 48.5 Å². The zero-order chi connectivity index (χ0) is 19.2. The number of hydrogen-bond donors (Lipinski definition) is 1. The Morgan fingerprint density at radius 1 is 1.04 bits per heavy atom. The summed E-state index contributed by atoms with van der Waals surface area (Å²) < 4.78 is 10.9. The minimum atomic E-state index is -0.0974. The minimum absolute atomic E-state index is 0.0217. The van der Waals surface area contributed by atoms with Crippen molar-refractivity contribution in [3.8, 4) is 5.75 Å². The number of methoxy groups -OCH3 is 1. The van der Waals surface area contributed by atoms with Gasteiger partial charge in [0.25, 0.3) is 5.91 Å². The molecule has 1 N–H and O–H groups in total. The Hall–Kier alpha value is -2.33. The second-order valence-electron chi connectivity index (χ2n) is 7.59. The first-order valence-electron chi connectivity index (χ1n) is 8.91. The van der Waals surface area contributed by atoms with Crippen LogP contribution in [-0.2, 0) is 16.8 Å². The van der Waals surface area contributed by atoms with E-state index in [-0.39, 0.29) is 17.4 Å². The Kier molecular flexibility index (Phi) is 6.81. The number of hydrogen-bond acceptors (Lipinski definition) is 3. The summed E-state index contributed by atoms with van der Waals surface area (Å²) in [6.07, 6.45) is 0. The summed E-state index contributed by atoms with van der Waals surface area (Å²) in [7, 11) is 1.62. The second kappa shape index (κ2) is 8.86. The highest BCUT2D eigenvalue weighted by Crippen LogP contribution is 2.24. The van der Waals surface area contributed by atoms with E-state index in [1.807, 2.05) is 43.3 Å². The van der Waals surface area contributed by atoms with Crippen molar-refractivity contribution in [1.82, 2.24) is 5.32 Å². The Balaban J connectivity index is 1.90. The molecule has 1 atom stereocenters. The van der Waals surface area contributed by atoms with Gasteiger partial charge in [0.1, 0.15) is 12.4 Å². The summed E-state index contributed by atoms with van der Waals surface area (Å²) in [6.45, 7) is 9.45. The summed E-state index contributed by atoms with van der Waals surface area (Å²) >= 11 is 0. The quantitative estimate of drug-likeness (QED) is 0.804. The molecule has 0 aliphatic carbocycles. The van der Waals surface area contributed by atoms with Crippen LogP contribution in [0, 0.1) is 0 Å². The predicted octanol–water partition coefficient (Wildman–Crippen LogP) is 4.33. The molecule has 0 bridgehead atoms. The normalized spacial score (nSPS) is 12.5. The van der Waals surface area contributed by atoms with E-state index in [0.29, 0.717) is 18.8 Å². The van der Waals surface area contributed by atoms with Gasteiger partial charge in [-0.15, -0.1) is 0 Å². The van der Waals surface area contributed by atoms with E-state index in [1.54, 1.807) is 7.11 Å². The van der Waals surface area contributed by atoms with Crippen LogP contribution < -0.4 is 10.1 Å². The van der Waals surface area contributed by atoms with Gasteiger partial charge in [-0.05, 0) is 47.7 Å². The molecule has 2 aromatic rings.